The number of benzene rings is 2. The first-order chi connectivity index (χ1) is 15.0. The second-order valence-corrected chi connectivity index (χ2v) is 9.52. The van der Waals surface area contributed by atoms with Crippen molar-refractivity contribution in [2.45, 2.75) is 30.7 Å². The maximum atomic E-state index is 13.4. The van der Waals surface area contributed by atoms with Gasteiger partial charge in [0, 0.05) is 42.7 Å². The van der Waals surface area contributed by atoms with E-state index in [0.717, 1.165) is 17.1 Å². The van der Waals surface area contributed by atoms with E-state index in [9.17, 15) is 8.42 Å². The Morgan fingerprint density at radius 3 is 2.35 bits per heavy atom. The monoisotopic (exact) mass is 441 g/mol. The van der Waals surface area contributed by atoms with E-state index in [-0.39, 0.29) is 10.9 Å². The van der Waals surface area contributed by atoms with Crippen LogP contribution in [0.15, 0.2) is 59.6 Å². The minimum absolute atomic E-state index is 0.136. The van der Waals surface area contributed by atoms with Crippen molar-refractivity contribution in [2.75, 3.05) is 27.3 Å². The van der Waals surface area contributed by atoms with Crippen LogP contribution in [0.3, 0.4) is 0 Å². The molecule has 0 atom stereocenters. The van der Waals surface area contributed by atoms with Crippen LogP contribution in [0.5, 0.6) is 11.5 Å². The van der Waals surface area contributed by atoms with Gasteiger partial charge in [-0.2, -0.15) is 4.31 Å². The lowest BCUT2D eigenvalue weighted by Gasteiger charge is -2.33. The summed E-state index contributed by atoms with van der Waals surface area (Å²) >= 11 is 0. The van der Waals surface area contributed by atoms with Crippen molar-refractivity contribution in [3.63, 3.8) is 0 Å². The SMILES string of the molecule is COc1ccc(OC)c(S(=O)(=O)N2CCC(n3c(C)cnc3-c3ccccc3)CC2)c1. The van der Waals surface area contributed by atoms with Crippen LogP contribution in [0.4, 0.5) is 0 Å². The third kappa shape index (κ3) is 4.05. The number of sulfonamides is 1. The molecule has 2 aromatic carbocycles. The summed E-state index contributed by atoms with van der Waals surface area (Å²) in [6, 6.07) is 15.1. The highest BCUT2D eigenvalue weighted by Crippen LogP contribution is 2.35. The van der Waals surface area contributed by atoms with Gasteiger partial charge in [0.25, 0.3) is 0 Å². The number of imidazole rings is 1. The molecule has 1 fully saturated rings. The number of hydrogen-bond acceptors (Lipinski definition) is 5. The number of ether oxygens (including phenoxy) is 2. The first-order valence-electron chi connectivity index (χ1n) is 10.3. The van der Waals surface area contributed by atoms with Gasteiger partial charge in [0.1, 0.15) is 22.2 Å². The van der Waals surface area contributed by atoms with Gasteiger partial charge in [-0.25, -0.2) is 13.4 Å². The topological polar surface area (TPSA) is 73.7 Å². The molecule has 0 bridgehead atoms. The number of methoxy groups -OCH3 is 2. The lowest BCUT2D eigenvalue weighted by molar-refractivity contribution is 0.272. The van der Waals surface area contributed by atoms with Gasteiger partial charge in [0.05, 0.1) is 14.2 Å². The molecule has 0 amide bonds. The second kappa shape index (κ2) is 8.72. The molecule has 2 heterocycles. The lowest BCUT2D eigenvalue weighted by Crippen LogP contribution is -2.39. The minimum Gasteiger partial charge on any atom is -0.497 e. The van der Waals surface area contributed by atoms with Crippen molar-refractivity contribution >= 4 is 10.0 Å². The first kappa shape index (κ1) is 21.4. The molecule has 4 rings (SSSR count). The van der Waals surface area contributed by atoms with E-state index in [0.29, 0.717) is 37.4 Å². The Hall–Kier alpha value is -2.84. The Morgan fingerprint density at radius 2 is 1.71 bits per heavy atom. The van der Waals surface area contributed by atoms with Gasteiger partial charge < -0.3 is 14.0 Å². The van der Waals surface area contributed by atoms with Crippen LogP contribution in [0.1, 0.15) is 24.6 Å². The summed E-state index contributed by atoms with van der Waals surface area (Å²) in [6.07, 6.45) is 3.30. The molecule has 0 N–H and O–H groups in total. The Bertz CT molecular complexity index is 1150. The molecule has 1 aromatic heterocycles. The van der Waals surface area contributed by atoms with Crippen molar-refractivity contribution < 1.29 is 17.9 Å². The standard InChI is InChI=1S/C23H27N3O4S/c1-17-16-24-23(18-7-5-4-6-8-18)26(17)19-11-13-25(14-12-19)31(27,28)22-15-20(29-2)9-10-21(22)30-3/h4-10,15-16,19H,11-14H2,1-3H3. The van der Waals surface area contributed by atoms with Gasteiger partial charge in [-0.05, 0) is 31.9 Å². The van der Waals surface area contributed by atoms with E-state index in [2.05, 4.69) is 9.55 Å². The fourth-order valence-corrected chi connectivity index (χ4v) is 5.81. The fraction of sp³-hybridized carbons (Fsp3) is 0.348. The van der Waals surface area contributed by atoms with Gasteiger partial charge in [0.2, 0.25) is 10.0 Å². The zero-order chi connectivity index (χ0) is 22.0. The molecule has 3 aromatic rings. The van der Waals surface area contributed by atoms with Crippen molar-refractivity contribution in [3.05, 3.63) is 60.4 Å². The Balaban J connectivity index is 1.57. The Kier molecular flexibility index (Phi) is 6.02. The predicted octanol–water partition coefficient (Wildman–Crippen LogP) is 3.90. The van der Waals surface area contributed by atoms with Gasteiger partial charge in [-0.15, -0.1) is 0 Å². The molecule has 0 spiro atoms. The zero-order valence-corrected chi connectivity index (χ0v) is 18.8. The van der Waals surface area contributed by atoms with E-state index < -0.39 is 10.0 Å². The zero-order valence-electron chi connectivity index (χ0n) is 18.0. The van der Waals surface area contributed by atoms with Crippen LogP contribution in [-0.4, -0.2) is 49.6 Å². The summed E-state index contributed by atoms with van der Waals surface area (Å²) in [7, 11) is -0.711. The molecular weight excluding hydrogens is 414 g/mol. The highest BCUT2D eigenvalue weighted by atomic mass is 32.2. The maximum Gasteiger partial charge on any atom is 0.246 e. The number of hydrogen-bond donors (Lipinski definition) is 0. The molecule has 31 heavy (non-hydrogen) atoms. The van der Waals surface area contributed by atoms with Crippen molar-refractivity contribution in [1.29, 1.82) is 0 Å². The summed E-state index contributed by atoms with van der Waals surface area (Å²) < 4.78 is 41.0. The van der Waals surface area contributed by atoms with Crippen molar-refractivity contribution in [2.24, 2.45) is 0 Å². The van der Waals surface area contributed by atoms with Crippen molar-refractivity contribution in [1.82, 2.24) is 13.9 Å². The molecule has 1 aliphatic rings. The van der Waals surface area contributed by atoms with E-state index >= 15 is 0 Å². The van der Waals surface area contributed by atoms with E-state index in [1.165, 1.54) is 24.6 Å². The van der Waals surface area contributed by atoms with E-state index in [1.54, 1.807) is 12.1 Å². The van der Waals surface area contributed by atoms with Crippen LogP contribution < -0.4 is 9.47 Å². The lowest BCUT2D eigenvalue weighted by atomic mass is 10.1. The molecule has 1 saturated heterocycles. The fourth-order valence-electron chi connectivity index (χ4n) is 4.17. The average Bonchev–Trinajstić information content (AvgIpc) is 3.20. The molecule has 0 saturated carbocycles. The summed E-state index contributed by atoms with van der Waals surface area (Å²) in [6.45, 7) is 2.90. The highest BCUT2D eigenvalue weighted by Gasteiger charge is 2.33. The Labute approximate surface area is 183 Å². The molecular formula is C23H27N3O4S. The van der Waals surface area contributed by atoms with Gasteiger partial charge in [0.15, 0.2) is 0 Å². The van der Waals surface area contributed by atoms with E-state index in [4.69, 9.17) is 9.47 Å². The normalized spacial score (nSPS) is 15.7. The Morgan fingerprint density at radius 1 is 1.00 bits per heavy atom. The average molecular weight is 442 g/mol. The number of nitrogens with zero attached hydrogens (tertiary/aromatic N) is 3. The van der Waals surface area contributed by atoms with Crippen LogP contribution in [0.25, 0.3) is 11.4 Å². The molecule has 8 heteroatoms. The number of aryl methyl sites for hydroxylation is 1. The number of piperidine rings is 1. The molecule has 1 aliphatic heterocycles. The molecule has 0 radical (unpaired) electrons. The van der Waals surface area contributed by atoms with Crippen molar-refractivity contribution in [3.8, 4) is 22.9 Å². The molecule has 164 valence electrons. The molecule has 0 aliphatic carbocycles. The number of rotatable bonds is 6. The van der Waals surface area contributed by atoms with Crippen LogP contribution >= 0.6 is 0 Å². The van der Waals surface area contributed by atoms with Crippen LogP contribution in [0.2, 0.25) is 0 Å². The maximum absolute atomic E-state index is 13.4. The van der Waals surface area contributed by atoms with Gasteiger partial charge in [-0.3, -0.25) is 0 Å². The molecule has 0 unspecified atom stereocenters. The van der Waals surface area contributed by atoms with Crippen LogP contribution in [0, 0.1) is 6.92 Å². The van der Waals surface area contributed by atoms with Gasteiger partial charge >= 0.3 is 0 Å². The van der Waals surface area contributed by atoms with E-state index in [1.807, 2.05) is 43.5 Å². The largest absolute Gasteiger partial charge is 0.497 e. The third-order valence-corrected chi connectivity index (χ3v) is 7.71. The third-order valence-electron chi connectivity index (χ3n) is 5.79. The van der Waals surface area contributed by atoms with Crippen LogP contribution in [-0.2, 0) is 10.0 Å². The molecule has 7 nitrogen and oxygen atoms in total. The quantitative estimate of drug-likeness (QED) is 0.580. The highest BCUT2D eigenvalue weighted by molar-refractivity contribution is 7.89. The summed E-state index contributed by atoms with van der Waals surface area (Å²) in [4.78, 5) is 4.75. The first-order valence-corrected chi connectivity index (χ1v) is 11.7. The van der Waals surface area contributed by atoms with Gasteiger partial charge in [-0.1, -0.05) is 30.3 Å². The smallest absolute Gasteiger partial charge is 0.246 e. The predicted molar refractivity (Wildman–Crippen MR) is 119 cm³/mol. The number of aromatic nitrogens is 2. The minimum atomic E-state index is -3.70. The summed E-state index contributed by atoms with van der Waals surface area (Å²) in [5, 5.41) is 0. The summed E-state index contributed by atoms with van der Waals surface area (Å²) in [5.41, 5.74) is 2.14. The second-order valence-electron chi connectivity index (χ2n) is 7.61. The summed E-state index contributed by atoms with van der Waals surface area (Å²) in [5.74, 6) is 1.73.